The van der Waals surface area contributed by atoms with Crippen molar-refractivity contribution >= 4 is 5.97 Å². The molecule has 0 radical (unpaired) electrons. The van der Waals surface area contributed by atoms with E-state index < -0.39 is 48.3 Å². The van der Waals surface area contributed by atoms with Gasteiger partial charge in [0.05, 0.1) is 17.0 Å². The summed E-state index contributed by atoms with van der Waals surface area (Å²) < 4.78 is 75.6. The van der Waals surface area contributed by atoms with E-state index in [1.54, 1.807) is 0 Å². The lowest BCUT2D eigenvalue weighted by Gasteiger charge is -2.16. The van der Waals surface area contributed by atoms with Crippen LogP contribution in [0.25, 0.3) is 0 Å². The molecule has 1 atom stereocenters. The molecule has 0 aliphatic heterocycles. The van der Waals surface area contributed by atoms with Crippen LogP contribution in [-0.2, 0) is 23.6 Å². The van der Waals surface area contributed by atoms with Crippen LogP contribution in [0, 0.1) is 5.92 Å². The molecule has 0 aliphatic rings. The summed E-state index contributed by atoms with van der Waals surface area (Å²) in [5, 5.41) is 8.77. The van der Waals surface area contributed by atoms with E-state index in [9.17, 15) is 31.1 Å². The largest absolute Gasteiger partial charge is 0.481 e. The Hall–Kier alpha value is -1.77. The highest BCUT2D eigenvalue weighted by Crippen LogP contribution is 2.36. The third-order valence-corrected chi connectivity index (χ3v) is 2.76. The molecule has 0 bridgehead atoms. The number of carbonyl (C=O) groups is 1. The molecule has 1 aromatic carbocycles. The van der Waals surface area contributed by atoms with Gasteiger partial charge in [0.1, 0.15) is 0 Å². The molecule has 1 aromatic rings. The fraction of sp³-hybridized carbons (Fsp3) is 0.417. The molecule has 9 heteroatoms. The van der Waals surface area contributed by atoms with Crippen molar-refractivity contribution in [3.05, 3.63) is 34.9 Å². The van der Waals surface area contributed by atoms with Gasteiger partial charge in [-0.2, -0.15) is 26.3 Å². The normalized spacial score (nSPS) is 14.0. The average molecular weight is 315 g/mol. The zero-order valence-electron chi connectivity index (χ0n) is 10.4. The van der Waals surface area contributed by atoms with Gasteiger partial charge in [-0.25, -0.2) is 0 Å². The maximum absolute atomic E-state index is 12.6. The Balaban J connectivity index is 3.29. The Morgan fingerprint density at radius 3 is 1.76 bits per heavy atom. The van der Waals surface area contributed by atoms with Crippen LogP contribution in [0.3, 0.4) is 0 Å². The molecule has 118 valence electrons. The van der Waals surface area contributed by atoms with Gasteiger partial charge in [-0.05, 0) is 30.2 Å². The van der Waals surface area contributed by atoms with Crippen LogP contribution in [0.5, 0.6) is 0 Å². The molecule has 0 spiro atoms. The van der Waals surface area contributed by atoms with Crippen molar-refractivity contribution in [2.45, 2.75) is 18.8 Å². The molecule has 0 saturated carbocycles. The lowest BCUT2D eigenvalue weighted by atomic mass is 9.96. The van der Waals surface area contributed by atoms with Gasteiger partial charge in [-0.3, -0.25) is 4.79 Å². The molecule has 0 heterocycles. The predicted molar refractivity (Wildman–Crippen MR) is 60.3 cm³/mol. The number of carboxylic acids is 1. The number of hydrogen-bond donors (Lipinski definition) is 2. The van der Waals surface area contributed by atoms with E-state index in [1.165, 1.54) is 0 Å². The lowest BCUT2D eigenvalue weighted by molar-refractivity contribution is -0.143. The maximum atomic E-state index is 12.6. The second-order valence-electron chi connectivity index (χ2n) is 4.39. The smallest absolute Gasteiger partial charge is 0.416 e. The van der Waals surface area contributed by atoms with Gasteiger partial charge in [0.2, 0.25) is 0 Å². The first-order valence-corrected chi connectivity index (χ1v) is 5.66. The third kappa shape index (κ3) is 4.62. The number of alkyl halides is 6. The fourth-order valence-corrected chi connectivity index (χ4v) is 1.69. The topological polar surface area (TPSA) is 63.3 Å². The van der Waals surface area contributed by atoms with E-state index in [4.69, 9.17) is 10.8 Å². The molecule has 0 saturated heterocycles. The zero-order valence-corrected chi connectivity index (χ0v) is 10.4. The highest BCUT2D eigenvalue weighted by Gasteiger charge is 2.37. The Morgan fingerprint density at radius 2 is 1.48 bits per heavy atom. The Morgan fingerprint density at radius 1 is 1.05 bits per heavy atom. The fourth-order valence-electron chi connectivity index (χ4n) is 1.69. The minimum absolute atomic E-state index is 0.0122. The van der Waals surface area contributed by atoms with Gasteiger partial charge >= 0.3 is 18.3 Å². The molecule has 1 rings (SSSR count). The Bertz CT molecular complexity index is 491. The number of benzene rings is 1. The molecular formula is C12H11F6NO2. The number of halogens is 6. The molecule has 21 heavy (non-hydrogen) atoms. The second kappa shape index (κ2) is 5.92. The van der Waals surface area contributed by atoms with Gasteiger partial charge in [0.15, 0.2) is 0 Å². The number of nitrogens with two attached hydrogens (primary N) is 1. The summed E-state index contributed by atoms with van der Waals surface area (Å²) in [5.74, 6) is -2.64. The van der Waals surface area contributed by atoms with Gasteiger partial charge < -0.3 is 10.8 Å². The van der Waals surface area contributed by atoms with Crippen LogP contribution in [0.1, 0.15) is 16.7 Å². The summed E-state index contributed by atoms with van der Waals surface area (Å²) in [6.45, 7) is -0.396. The molecule has 0 aromatic heterocycles. The minimum atomic E-state index is -4.96. The second-order valence-corrected chi connectivity index (χ2v) is 4.39. The van der Waals surface area contributed by atoms with Gasteiger partial charge in [-0.15, -0.1) is 0 Å². The lowest BCUT2D eigenvalue weighted by Crippen LogP contribution is -2.25. The Kier molecular flexibility index (Phi) is 4.87. The van der Waals surface area contributed by atoms with Crippen LogP contribution in [-0.4, -0.2) is 17.6 Å². The van der Waals surface area contributed by atoms with Gasteiger partial charge in [-0.1, -0.05) is 0 Å². The highest BCUT2D eigenvalue weighted by atomic mass is 19.4. The zero-order chi connectivity index (χ0) is 16.4. The first kappa shape index (κ1) is 17.3. The Labute approximate surface area is 115 Å². The number of carboxylic acid groups (broad SMARTS) is 1. The van der Waals surface area contributed by atoms with Crippen molar-refractivity contribution in [2.24, 2.45) is 11.7 Å². The summed E-state index contributed by atoms with van der Waals surface area (Å²) in [5.41, 5.74) is 1.81. The van der Waals surface area contributed by atoms with Crippen LogP contribution in [0.15, 0.2) is 18.2 Å². The number of aliphatic carboxylic acids is 1. The van der Waals surface area contributed by atoms with E-state index in [0.29, 0.717) is 12.1 Å². The van der Waals surface area contributed by atoms with Crippen LogP contribution >= 0.6 is 0 Å². The van der Waals surface area contributed by atoms with Crippen molar-refractivity contribution in [1.82, 2.24) is 0 Å². The van der Waals surface area contributed by atoms with Crippen LogP contribution < -0.4 is 5.73 Å². The van der Waals surface area contributed by atoms with Crippen molar-refractivity contribution in [1.29, 1.82) is 0 Å². The summed E-state index contributed by atoms with van der Waals surface area (Å²) in [7, 11) is 0. The average Bonchev–Trinajstić information content (AvgIpc) is 2.33. The van der Waals surface area contributed by atoms with E-state index in [2.05, 4.69) is 0 Å². The van der Waals surface area contributed by atoms with E-state index >= 15 is 0 Å². The molecule has 0 amide bonds. The SMILES string of the molecule is NCC(Cc1cc(C(F)(F)F)cc(C(F)(F)F)c1)C(=O)O. The van der Waals surface area contributed by atoms with Crippen LogP contribution in [0.2, 0.25) is 0 Å². The van der Waals surface area contributed by atoms with Crippen LogP contribution in [0.4, 0.5) is 26.3 Å². The molecule has 0 aliphatic carbocycles. The molecule has 1 unspecified atom stereocenters. The molecule has 3 N–H and O–H groups in total. The minimum Gasteiger partial charge on any atom is -0.481 e. The summed E-state index contributed by atoms with van der Waals surface area (Å²) in [4.78, 5) is 10.8. The van der Waals surface area contributed by atoms with Crippen molar-refractivity contribution in [3.63, 3.8) is 0 Å². The maximum Gasteiger partial charge on any atom is 0.416 e. The third-order valence-electron chi connectivity index (χ3n) is 2.76. The monoisotopic (exact) mass is 315 g/mol. The first-order valence-electron chi connectivity index (χ1n) is 5.66. The standard InChI is InChI=1S/C12H11F6NO2/c13-11(14,15)8-2-6(1-7(5-19)10(20)21)3-9(4-8)12(16,17)18/h2-4,7H,1,5,19H2,(H,20,21). The summed E-state index contributed by atoms with van der Waals surface area (Å²) in [6, 6.07) is 0.989. The van der Waals surface area contributed by atoms with Gasteiger partial charge in [0.25, 0.3) is 0 Å². The van der Waals surface area contributed by atoms with E-state index in [1.807, 2.05) is 0 Å². The predicted octanol–water partition coefficient (Wildman–Crippen LogP) is 2.93. The molecular weight excluding hydrogens is 304 g/mol. The summed E-state index contributed by atoms with van der Waals surface area (Å²) >= 11 is 0. The number of hydrogen-bond acceptors (Lipinski definition) is 2. The van der Waals surface area contributed by atoms with Crippen molar-refractivity contribution < 1.29 is 36.2 Å². The molecule has 0 fully saturated rings. The highest BCUT2D eigenvalue weighted by molar-refractivity contribution is 5.70. The van der Waals surface area contributed by atoms with E-state index in [0.717, 1.165) is 0 Å². The first-order chi connectivity index (χ1) is 9.45. The van der Waals surface area contributed by atoms with E-state index in [-0.39, 0.29) is 11.6 Å². The summed E-state index contributed by atoms with van der Waals surface area (Å²) in [6.07, 6.45) is -10.4. The molecule has 3 nitrogen and oxygen atoms in total. The quantitative estimate of drug-likeness (QED) is 0.840. The number of rotatable bonds is 4. The van der Waals surface area contributed by atoms with Gasteiger partial charge in [0, 0.05) is 6.54 Å². The van der Waals surface area contributed by atoms with Crippen molar-refractivity contribution in [2.75, 3.05) is 6.54 Å². The van der Waals surface area contributed by atoms with Crippen molar-refractivity contribution in [3.8, 4) is 0 Å².